The van der Waals surface area contributed by atoms with Gasteiger partial charge in [-0.1, -0.05) is 5.10 Å². The van der Waals surface area contributed by atoms with Gasteiger partial charge < -0.3 is 14.2 Å². The fourth-order valence-electron chi connectivity index (χ4n) is 1.36. The van der Waals surface area contributed by atoms with Crippen LogP contribution in [0.5, 0.6) is 0 Å². The molecule has 0 amide bonds. The van der Waals surface area contributed by atoms with Gasteiger partial charge in [-0.15, -0.1) is 16.7 Å². The Morgan fingerprint density at radius 3 is 3.00 bits per heavy atom. The maximum atomic E-state index is 5.55. The van der Waals surface area contributed by atoms with Gasteiger partial charge in [0.2, 0.25) is 5.89 Å². The summed E-state index contributed by atoms with van der Waals surface area (Å²) in [5.41, 5.74) is 0. The minimum Gasteiger partial charge on any atom is -0.469 e. The summed E-state index contributed by atoms with van der Waals surface area (Å²) in [6, 6.07) is 4.32. The van der Waals surface area contributed by atoms with Crippen molar-refractivity contribution in [1.82, 2.24) is 10.2 Å². The van der Waals surface area contributed by atoms with Gasteiger partial charge in [0.25, 0.3) is 0 Å². The van der Waals surface area contributed by atoms with E-state index in [0.717, 1.165) is 12.2 Å². The molecule has 1 unspecified atom stereocenters. The molecule has 2 aromatic rings. The number of hydrogen-bond donors (Lipinski definition) is 1. The zero-order chi connectivity index (χ0) is 11.4. The first kappa shape index (κ1) is 11.0. The molecule has 16 heavy (non-hydrogen) atoms. The number of rotatable bonds is 5. The molecule has 0 bridgehead atoms. The molecule has 2 heterocycles. The van der Waals surface area contributed by atoms with Gasteiger partial charge >= 0.3 is 6.01 Å². The van der Waals surface area contributed by atoms with E-state index < -0.39 is 0 Å². The van der Waals surface area contributed by atoms with Crippen molar-refractivity contribution in [1.29, 1.82) is 0 Å². The zero-order valence-electron chi connectivity index (χ0n) is 8.81. The number of aromatic nitrogens is 2. The molecule has 0 spiro atoms. The van der Waals surface area contributed by atoms with E-state index in [2.05, 4.69) is 15.5 Å². The lowest BCUT2D eigenvalue weighted by Crippen LogP contribution is -2.17. The van der Waals surface area contributed by atoms with Gasteiger partial charge in [0.1, 0.15) is 11.6 Å². The van der Waals surface area contributed by atoms with E-state index in [4.69, 9.17) is 20.4 Å². The van der Waals surface area contributed by atoms with Crippen molar-refractivity contribution in [2.45, 2.75) is 25.3 Å². The molecule has 2 aromatic heterocycles. The maximum absolute atomic E-state index is 5.55. The van der Waals surface area contributed by atoms with Gasteiger partial charge in [0.05, 0.1) is 6.26 Å². The van der Waals surface area contributed by atoms with Crippen LogP contribution in [0.3, 0.4) is 0 Å². The smallest absolute Gasteiger partial charge is 0.315 e. The molecule has 1 atom stereocenters. The van der Waals surface area contributed by atoms with Crippen LogP contribution >= 0.6 is 11.6 Å². The highest BCUT2D eigenvalue weighted by atomic mass is 35.5. The monoisotopic (exact) mass is 241 g/mol. The standard InChI is InChI=1S/C10H12ClN3O2/c1-7(5-8-3-2-4-15-8)12-10-14-13-9(6-11)16-10/h2-4,7H,5-6H2,1H3,(H,12,14). The van der Waals surface area contributed by atoms with Crippen molar-refractivity contribution in [2.24, 2.45) is 0 Å². The SMILES string of the molecule is CC(Cc1ccco1)Nc1nnc(CCl)o1. The molecule has 0 radical (unpaired) electrons. The second kappa shape index (κ2) is 5.03. The van der Waals surface area contributed by atoms with Crippen molar-refractivity contribution in [3.63, 3.8) is 0 Å². The second-order valence-corrected chi connectivity index (χ2v) is 3.73. The second-order valence-electron chi connectivity index (χ2n) is 3.46. The lowest BCUT2D eigenvalue weighted by Gasteiger charge is -2.09. The fourth-order valence-corrected chi connectivity index (χ4v) is 1.47. The van der Waals surface area contributed by atoms with E-state index >= 15 is 0 Å². The van der Waals surface area contributed by atoms with Crippen LogP contribution in [-0.2, 0) is 12.3 Å². The molecule has 0 aliphatic heterocycles. The summed E-state index contributed by atoms with van der Waals surface area (Å²) >= 11 is 5.55. The normalized spacial score (nSPS) is 12.6. The first-order valence-corrected chi connectivity index (χ1v) is 5.48. The number of hydrogen-bond acceptors (Lipinski definition) is 5. The highest BCUT2D eigenvalue weighted by Gasteiger charge is 2.10. The zero-order valence-corrected chi connectivity index (χ0v) is 9.57. The molecular formula is C10H12ClN3O2. The Kier molecular flexibility index (Phi) is 3.46. The van der Waals surface area contributed by atoms with Crippen molar-refractivity contribution < 1.29 is 8.83 Å². The van der Waals surface area contributed by atoms with Crippen molar-refractivity contribution >= 4 is 17.6 Å². The highest BCUT2D eigenvalue weighted by Crippen LogP contribution is 2.11. The van der Waals surface area contributed by atoms with Crippen LogP contribution in [0.15, 0.2) is 27.2 Å². The van der Waals surface area contributed by atoms with Gasteiger partial charge in [0.15, 0.2) is 0 Å². The average Bonchev–Trinajstić information content (AvgIpc) is 2.89. The van der Waals surface area contributed by atoms with E-state index in [1.165, 1.54) is 0 Å². The third-order valence-corrected chi connectivity index (χ3v) is 2.27. The Balaban J connectivity index is 1.89. The average molecular weight is 242 g/mol. The van der Waals surface area contributed by atoms with Crippen molar-refractivity contribution in [2.75, 3.05) is 5.32 Å². The first-order chi connectivity index (χ1) is 7.78. The van der Waals surface area contributed by atoms with Crippen LogP contribution in [0.1, 0.15) is 18.6 Å². The summed E-state index contributed by atoms with van der Waals surface area (Å²) in [5.74, 6) is 1.55. The number of alkyl halides is 1. The Morgan fingerprint density at radius 1 is 1.50 bits per heavy atom. The van der Waals surface area contributed by atoms with Crippen LogP contribution in [0.25, 0.3) is 0 Å². The van der Waals surface area contributed by atoms with Crippen LogP contribution in [0, 0.1) is 0 Å². The van der Waals surface area contributed by atoms with Gasteiger partial charge in [-0.2, -0.15) is 0 Å². The molecule has 0 aromatic carbocycles. The maximum Gasteiger partial charge on any atom is 0.315 e. The molecule has 0 saturated carbocycles. The third-order valence-electron chi connectivity index (χ3n) is 2.04. The molecule has 86 valence electrons. The minimum absolute atomic E-state index is 0.148. The summed E-state index contributed by atoms with van der Waals surface area (Å²) in [7, 11) is 0. The van der Waals surface area contributed by atoms with E-state index in [-0.39, 0.29) is 11.9 Å². The van der Waals surface area contributed by atoms with Crippen molar-refractivity contribution in [3.8, 4) is 0 Å². The van der Waals surface area contributed by atoms with Gasteiger partial charge in [-0.05, 0) is 19.1 Å². The number of nitrogens with one attached hydrogen (secondary N) is 1. The molecule has 1 N–H and O–H groups in total. The first-order valence-electron chi connectivity index (χ1n) is 4.95. The summed E-state index contributed by atoms with van der Waals surface area (Å²) in [4.78, 5) is 0. The van der Waals surface area contributed by atoms with E-state index in [9.17, 15) is 0 Å². The van der Waals surface area contributed by atoms with Gasteiger partial charge in [-0.3, -0.25) is 0 Å². The molecule has 6 heteroatoms. The lowest BCUT2D eigenvalue weighted by atomic mass is 10.2. The fraction of sp³-hybridized carbons (Fsp3) is 0.400. The summed E-state index contributed by atoms with van der Waals surface area (Å²) < 4.78 is 10.5. The topological polar surface area (TPSA) is 64.1 Å². The summed E-state index contributed by atoms with van der Waals surface area (Å²) in [6.07, 6.45) is 2.41. The van der Waals surface area contributed by atoms with Crippen LogP contribution < -0.4 is 5.32 Å². The molecule has 2 rings (SSSR count). The van der Waals surface area contributed by atoms with Crippen LogP contribution in [0.2, 0.25) is 0 Å². The predicted molar refractivity (Wildman–Crippen MR) is 59.4 cm³/mol. The van der Waals surface area contributed by atoms with Crippen LogP contribution in [-0.4, -0.2) is 16.2 Å². The van der Waals surface area contributed by atoms with E-state index in [1.54, 1.807) is 6.26 Å². The number of anilines is 1. The van der Waals surface area contributed by atoms with E-state index in [1.807, 2.05) is 19.1 Å². The number of halogens is 1. The molecule has 0 saturated heterocycles. The Bertz CT molecular complexity index is 427. The summed E-state index contributed by atoms with van der Waals surface area (Å²) in [6.45, 7) is 2.01. The number of furan rings is 1. The van der Waals surface area contributed by atoms with Gasteiger partial charge in [0, 0.05) is 12.5 Å². The molecule has 0 aliphatic carbocycles. The predicted octanol–water partition coefficient (Wildman–Crippen LogP) is 2.44. The molecule has 5 nitrogen and oxygen atoms in total. The van der Waals surface area contributed by atoms with Gasteiger partial charge in [-0.25, -0.2) is 0 Å². The number of nitrogens with zero attached hydrogens (tertiary/aromatic N) is 2. The Morgan fingerprint density at radius 2 is 2.38 bits per heavy atom. The Labute approximate surface area is 97.8 Å². The van der Waals surface area contributed by atoms with Crippen molar-refractivity contribution in [3.05, 3.63) is 30.0 Å². The highest BCUT2D eigenvalue weighted by molar-refractivity contribution is 6.16. The molecule has 0 aliphatic rings. The lowest BCUT2D eigenvalue weighted by molar-refractivity contribution is 0.487. The molecule has 0 fully saturated rings. The minimum atomic E-state index is 0.148. The quantitative estimate of drug-likeness (QED) is 0.815. The largest absolute Gasteiger partial charge is 0.469 e. The van der Waals surface area contributed by atoms with Crippen LogP contribution in [0.4, 0.5) is 6.01 Å². The summed E-state index contributed by atoms with van der Waals surface area (Å²) in [5, 5.41) is 10.6. The van der Waals surface area contributed by atoms with E-state index in [0.29, 0.717) is 11.9 Å². The Hall–Kier alpha value is -1.49. The third kappa shape index (κ3) is 2.76. The molecular weight excluding hydrogens is 230 g/mol.